The highest BCUT2D eigenvalue weighted by atomic mass is 19.1. The van der Waals surface area contributed by atoms with E-state index in [1.54, 1.807) is 6.07 Å². The van der Waals surface area contributed by atoms with Gasteiger partial charge < -0.3 is 5.73 Å². The number of hydrogen-bond donors (Lipinski definition) is 1. The van der Waals surface area contributed by atoms with Gasteiger partial charge in [-0.05, 0) is 26.0 Å². The molecule has 0 atom stereocenters. The van der Waals surface area contributed by atoms with Gasteiger partial charge in [0.15, 0.2) is 0 Å². The van der Waals surface area contributed by atoms with Crippen LogP contribution in [-0.2, 0) is 6.54 Å². The van der Waals surface area contributed by atoms with Crippen molar-refractivity contribution in [3.8, 4) is 0 Å². The average Bonchev–Trinajstić information content (AvgIpc) is 2.42. The van der Waals surface area contributed by atoms with Crippen LogP contribution in [0, 0.1) is 5.82 Å². The molecule has 0 aromatic heterocycles. The van der Waals surface area contributed by atoms with Crippen molar-refractivity contribution in [2.75, 3.05) is 13.6 Å². The zero-order valence-electron chi connectivity index (χ0n) is 11.2. The van der Waals surface area contributed by atoms with Crippen LogP contribution < -0.4 is 5.73 Å². The zero-order chi connectivity index (χ0) is 13.0. The molecule has 0 amide bonds. The summed E-state index contributed by atoms with van der Waals surface area (Å²) >= 11 is 0. The molecule has 1 aromatic carbocycles. The molecule has 0 saturated heterocycles. The quantitative estimate of drug-likeness (QED) is 0.890. The molecule has 1 fully saturated rings. The first-order valence-corrected chi connectivity index (χ1v) is 6.83. The van der Waals surface area contributed by atoms with Gasteiger partial charge in [0.1, 0.15) is 5.82 Å². The third-order valence-electron chi connectivity index (χ3n) is 4.34. The van der Waals surface area contributed by atoms with Gasteiger partial charge in [-0.25, -0.2) is 4.39 Å². The van der Waals surface area contributed by atoms with Gasteiger partial charge >= 0.3 is 0 Å². The Hall–Kier alpha value is -0.930. The Kier molecular flexibility index (Phi) is 4.36. The molecule has 1 aliphatic carbocycles. The van der Waals surface area contributed by atoms with Crippen molar-refractivity contribution in [1.29, 1.82) is 0 Å². The highest BCUT2D eigenvalue weighted by Crippen LogP contribution is 2.33. The van der Waals surface area contributed by atoms with E-state index in [0.29, 0.717) is 13.1 Å². The van der Waals surface area contributed by atoms with E-state index in [9.17, 15) is 4.39 Å². The number of rotatable bonds is 4. The molecule has 0 radical (unpaired) electrons. The average molecular weight is 250 g/mol. The summed E-state index contributed by atoms with van der Waals surface area (Å²) in [6.45, 7) is 1.31. The summed E-state index contributed by atoms with van der Waals surface area (Å²) < 4.78 is 13.7. The van der Waals surface area contributed by atoms with Crippen molar-refractivity contribution in [3.63, 3.8) is 0 Å². The first-order valence-electron chi connectivity index (χ1n) is 6.83. The summed E-state index contributed by atoms with van der Waals surface area (Å²) in [7, 11) is 2.07. The number of benzene rings is 1. The van der Waals surface area contributed by atoms with Gasteiger partial charge in [0.2, 0.25) is 0 Å². The number of hydrogen-bond acceptors (Lipinski definition) is 2. The zero-order valence-corrected chi connectivity index (χ0v) is 11.2. The van der Waals surface area contributed by atoms with E-state index in [-0.39, 0.29) is 11.4 Å². The smallest absolute Gasteiger partial charge is 0.127 e. The van der Waals surface area contributed by atoms with Crippen LogP contribution in [0.5, 0.6) is 0 Å². The van der Waals surface area contributed by atoms with E-state index >= 15 is 0 Å². The summed E-state index contributed by atoms with van der Waals surface area (Å²) in [5.41, 5.74) is 6.83. The lowest BCUT2D eigenvalue weighted by Gasteiger charge is -2.44. The van der Waals surface area contributed by atoms with Gasteiger partial charge in [-0.2, -0.15) is 0 Å². The van der Waals surface area contributed by atoms with Crippen LogP contribution in [-0.4, -0.2) is 24.0 Å². The third kappa shape index (κ3) is 2.73. The lowest BCUT2D eigenvalue weighted by atomic mass is 9.80. The summed E-state index contributed by atoms with van der Waals surface area (Å²) in [4.78, 5) is 2.25. The van der Waals surface area contributed by atoms with Crippen molar-refractivity contribution in [1.82, 2.24) is 4.90 Å². The van der Waals surface area contributed by atoms with Crippen LogP contribution in [0.2, 0.25) is 0 Å². The van der Waals surface area contributed by atoms with E-state index in [2.05, 4.69) is 11.9 Å². The molecule has 3 heteroatoms. The standard InChI is InChI=1S/C15H23FN2/c1-18(11-13-7-3-4-8-14(13)16)15(12-17)9-5-2-6-10-15/h3-4,7-8H,2,5-6,9-12,17H2,1H3. The Labute approximate surface area is 109 Å². The van der Waals surface area contributed by atoms with Crippen LogP contribution >= 0.6 is 0 Å². The predicted molar refractivity (Wildman–Crippen MR) is 72.7 cm³/mol. The molecule has 18 heavy (non-hydrogen) atoms. The predicted octanol–water partition coefficient (Wildman–Crippen LogP) is 2.92. The molecule has 2 N–H and O–H groups in total. The first-order chi connectivity index (χ1) is 8.68. The molecule has 0 heterocycles. The SMILES string of the molecule is CN(Cc1ccccc1F)C1(CN)CCCCC1. The van der Waals surface area contributed by atoms with E-state index in [0.717, 1.165) is 18.4 Å². The highest BCUT2D eigenvalue weighted by Gasteiger charge is 2.34. The topological polar surface area (TPSA) is 29.3 Å². The van der Waals surface area contributed by atoms with Crippen molar-refractivity contribution in [3.05, 3.63) is 35.6 Å². The van der Waals surface area contributed by atoms with Crippen LogP contribution in [0.25, 0.3) is 0 Å². The maximum absolute atomic E-state index is 13.7. The minimum atomic E-state index is -0.118. The Morgan fingerprint density at radius 3 is 2.50 bits per heavy atom. The molecule has 1 saturated carbocycles. The Morgan fingerprint density at radius 2 is 1.89 bits per heavy atom. The normalized spacial score (nSPS) is 19.1. The summed E-state index contributed by atoms with van der Waals surface area (Å²) in [5, 5.41) is 0. The van der Waals surface area contributed by atoms with Crippen molar-refractivity contribution in [2.45, 2.75) is 44.2 Å². The number of likely N-dealkylation sites (N-methyl/N-ethyl adjacent to an activating group) is 1. The molecule has 1 aromatic rings. The fourth-order valence-corrected chi connectivity index (χ4v) is 3.00. The number of nitrogens with zero attached hydrogens (tertiary/aromatic N) is 1. The Morgan fingerprint density at radius 1 is 1.22 bits per heavy atom. The Bertz CT molecular complexity index is 386. The fourth-order valence-electron chi connectivity index (χ4n) is 3.00. The van der Waals surface area contributed by atoms with Crippen LogP contribution in [0.3, 0.4) is 0 Å². The second-order valence-corrected chi connectivity index (χ2v) is 5.44. The minimum Gasteiger partial charge on any atom is -0.329 e. The van der Waals surface area contributed by atoms with E-state index in [1.165, 1.54) is 25.3 Å². The van der Waals surface area contributed by atoms with Crippen LogP contribution in [0.1, 0.15) is 37.7 Å². The molecule has 0 bridgehead atoms. The third-order valence-corrected chi connectivity index (χ3v) is 4.34. The van der Waals surface area contributed by atoms with Gasteiger partial charge in [0.05, 0.1) is 0 Å². The largest absolute Gasteiger partial charge is 0.329 e. The lowest BCUT2D eigenvalue weighted by molar-refractivity contribution is 0.0749. The van der Waals surface area contributed by atoms with Crippen molar-refractivity contribution >= 4 is 0 Å². The maximum Gasteiger partial charge on any atom is 0.127 e. The molecule has 2 rings (SSSR count). The second kappa shape index (κ2) is 5.81. The monoisotopic (exact) mass is 250 g/mol. The highest BCUT2D eigenvalue weighted by molar-refractivity contribution is 5.17. The number of halogens is 1. The second-order valence-electron chi connectivity index (χ2n) is 5.44. The van der Waals surface area contributed by atoms with E-state index < -0.39 is 0 Å². The van der Waals surface area contributed by atoms with Crippen LogP contribution in [0.15, 0.2) is 24.3 Å². The van der Waals surface area contributed by atoms with E-state index in [4.69, 9.17) is 5.73 Å². The molecule has 100 valence electrons. The van der Waals surface area contributed by atoms with Gasteiger partial charge in [-0.3, -0.25) is 4.90 Å². The van der Waals surface area contributed by atoms with Crippen LogP contribution in [0.4, 0.5) is 4.39 Å². The van der Waals surface area contributed by atoms with E-state index in [1.807, 2.05) is 12.1 Å². The molecular formula is C15H23FN2. The van der Waals surface area contributed by atoms with Gasteiger partial charge in [-0.1, -0.05) is 37.5 Å². The first kappa shape index (κ1) is 13.5. The van der Waals surface area contributed by atoms with Crippen molar-refractivity contribution < 1.29 is 4.39 Å². The van der Waals surface area contributed by atoms with Crippen molar-refractivity contribution in [2.24, 2.45) is 5.73 Å². The molecule has 1 aliphatic rings. The number of nitrogens with two attached hydrogens (primary N) is 1. The lowest BCUT2D eigenvalue weighted by Crippen LogP contribution is -2.52. The molecular weight excluding hydrogens is 227 g/mol. The van der Waals surface area contributed by atoms with Gasteiger partial charge in [0, 0.05) is 24.2 Å². The fraction of sp³-hybridized carbons (Fsp3) is 0.600. The molecule has 0 unspecified atom stereocenters. The minimum absolute atomic E-state index is 0.0700. The molecule has 2 nitrogen and oxygen atoms in total. The Balaban J connectivity index is 2.10. The summed E-state index contributed by atoms with van der Waals surface area (Å²) in [6, 6.07) is 7.01. The van der Waals surface area contributed by atoms with Gasteiger partial charge in [-0.15, -0.1) is 0 Å². The van der Waals surface area contributed by atoms with Gasteiger partial charge in [0.25, 0.3) is 0 Å². The summed E-state index contributed by atoms with van der Waals surface area (Å²) in [5.74, 6) is -0.118. The molecule has 0 aliphatic heterocycles. The summed E-state index contributed by atoms with van der Waals surface area (Å²) in [6.07, 6.45) is 6.04. The maximum atomic E-state index is 13.7. The molecule has 0 spiro atoms.